The minimum atomic E-state index is -0.284. The predicted molar refractivity (Wildman–Crippen MR) is 166 cm³/mol. The molecule has 0 spiro atoms. The van der Waals surface area contributed by atoms with Crippen molar-refractivity contribution in [2.75, 3.05) is 31.0 Å². The van der Waals surface area contributed by atoms with Crippen LogP contribution >= 0.6 is 23.8 Å². The molecule has 8 nitrogen and oxygen atoms in total. The number of nitrogens with one attached hydrogen (secondary N) is 2. The zero-order chi connectivity index (χ0) is 29.3. The zero-order valence-electron chi connectivity index (χ0n) is 23.6. The Labute approximate surface area is 250 Å². The molecule has 10 heteroatoms. The van der Waals surface area contributed by atoms with Crippen LogP contribution in [0.3, 0.4) is 0 Å². The molecule has 1 aliphatic rings. The van der Waals surface area contributed by atoms with Crippen molar-refractivity contribution in [3.63, 3.8) is 0 Å². The third kappa shape index (κ3) is 5.40. The van der Waals surface area contributed by atoms with Crippen LogP contribution in [0.2, 0.25) is 5.02 Å². The third-order valence-electron chi connectivity index (χ3n) is 7.38. The van der Waals surface area contributed by atoms with Crippen molar-refractivity contribution in [3.05, 3.63) is 100 Å². The van der Waals surface area contributed by atoms with Gasteiger partial charge in [0.05, 0.1) is 30.6 Å². The highest BCUT2D eigenvalue weighted by Crippen LogP contribution is 2.45. The van der Waals surface area contributed by atoms with Crippen LogP contribution in [0.15, 0.2) is 66.9 Å². The van der Waals surface area contributed by atoms with Gasteiger partial charge >= 0.3 is 0 Å². The molecule has 41 heavy (non-hydrogen) atoms. The Bertz CT molecular complexity index is 1610. The number of aromatic nitrogens is 2. The number of anilines is 2. The van der Waals surface area contributed by atoms with Crippen LogP contribution in [0.4, 0.5) is 11.4 Å². The molecule has 1 saturated heterocycles. The summed E-state index contributed by atoms with van der Waals surface area (Å²) in [5.41, 5.74) is 7.45. The fourth-order valence-electron chi connectivity index (χ4n) is 5.51. The summed E-state index contributed by atoms with van der Waals surface area (Å²) >= 11 is 12.5. The lowest BCUT2D eigenvalue weighted by molar-refractivity contribution is -0.119. The molecule has 1 aliphatic heterocycles. The molecule has 2 unspecified atom stereocenters. The molecule has 0 radical (unpaired) electrons. The number of carbonyl (C=O) groups is 1. The second-order valence-corrected chi connectivity index (χ2v) is 10.7. The number of nitrogens with zero attached hydrogens (tertiary/aromatic N) is 3. The molecule has 0 saturated carbocycles. The molecule has 212 valence electrons. The van der Waals surface area contributed by atoms with Gasteiger partial charge in [0, 0.05) is 41.1 Å². The van der Waals surface area contributed by atoms with Gasteiger partial charge in [-0.05, 0) is 92.6 Å². The van der Waals surface area contributed by atoms with Crippen LogP contribution in [0.25, 0.3) is 5.69 Å². The summed E-state index contributed by atoms with van der Waals surface area (Å²) in [5, 5.41) is 7.67. The second kappa shape index (κ2) is 11.9. The topological polar surface area (TPSA) is 80.7 Å². The Balaban J connectivity index is 1.67. The molecule has 2 aromatic carbocycles. The molecule has 0 bridgehead atoms. The number of hydrogen-bond acceptors (Lipinski definition) is 5. The lowest BCUT2D eigenvalue weighted by atomic mass is 9.96. The number of halogens is 1. The molecule has 3 heterocycles. The van der Waals surface area contributed by atoms with Gasteiger partial charge in [-0.1, -0.05) is 23.7 Å². The van der Waals surface area contributed by atoms with Crippen LogP contribution in [0.5, 0.6) is 5.75 Å². The maximum atomic E-state index is 12.4. The first kappa shape index (κ1) is 28.6. The first-order valence-corrected chi connectivity index (χ1v) is 14.0. The second-order valence-electron chi connectivity index (χ2n) is 9.91. The number of rotatable bonds is 8. The Morgan fingerprint density at radius 1 is 1.10 bits per heavy atom. The van der Waals surface area contributed by atoms with E-state index in [1.165, 1.54) is 7.11 Å². The van der Waals surface area contributed by atoms with E-state index >= 15 is 0 Å². The summed E-state index contributed by atoms with van der Waals surface area (Å²) in [6.45, 7) is 6.16. The number of thiocarbonyl (C=S) groups is 1. The lowest BCUT2D eigenvalue weighted by Gasteiger charge is -2.29. The van der Waals surface area contributed by atoms with Crippen molar-refractivity contribution >= 4 is 46.2 Å². The predicted octanol–water partition coefficient (Wildman–Crippen LogP) is 6.22. The van der Waals surface area contributed by atoms with Gasteiger partial charge < -0.3 is 29.6 Å². The van der Waals surface area contributed by atoms with E-state index in [1.54, 1.807) is 13.3 Å². The summed E-state index contributed by atoms with van der Waals surface area (Å²) in [7, 11) is 3.04. The third-order valence-corrected chi connectivity index (χ3v) is 8.10. The minimum Gasteiger partial charge on any atom is -0.495 e. The van der Waals surface area contributed by atoms with Gasteiger partial charge in [-0.2, -0.15) is 0 Å². The van der Waals surface area contributed by atoms with Crippen LogP contribution in [0, 0.1) is 20.8 Å². The van der Waals surface area contributed by atoms with Gasteiger partial charge in [-0.25, -0.2) is 0 Å². The van der Waals surface area contributed by atoms with Crippen LogP contribution in [0.1, 0.15) is 40.3 Å². The van der Waals surface area contributed by atoms with Gasteiger partial charge in [0.1, 0.15) is 12.4 Å². The fraction of sp³-hybridized carbons (Fsp3) is 0.258. The van der Waals surface area contributed by atoms with Gasteiger partial charge in [0.25, 0.3) is 0 Å². The highest BCUT2D eigenvalue weighted by Gasteiger charge is 2.42. The summed E-state index contributed by atoms with van der Waals surface area (Å²) in [6.07, 6.45) is 1.79. The van der Waals surface area contributed by atoms with E-state index in [-0.39, 0.29) is 24.6 Å². The number of ether oxygens (including phenoxy) is 2. The van der Waals surface area contributed by atoms with E-state index < -0.39 is 0 Å². The van der Waals surface area contributed by atoms with Crippen LogP contribution < -0.4 is 20.3 Å². The average molecular weight is 590 g/mol. The Kier molecular flexibility index (Phi) is 8.30. The van der Waals surface area contributed by atoms with Gasteiger partial charge in [-0.3, -0.25) is 9.78 Å². The van der Waals surface area contributed by atoms with Crippen molar-refractivity contribution in [2.24, 2.45) is 0 Å². The normalized spacial score (nSPS) is 16.5. The largest absolute Gasteiger partial charge is 0.495 e. The Morgan fingerprint density at radius 2 is 1.90 bits per heavy atom. The standard InChI is InChI=1S/C31H32ClN5O3S/c1-18-15-22(20(3)36(18)26-11-8-9-23(32)19(26)2)30-29(24-10-6-7-14-33-24)35-31(41)37(30)21-12-13-27(40-5)25(16-21)34-28(38)17-39-4/h6-16,29-30H,17H2,1-5H3,(H,34,38)(H,35,41). The minimum absolute atomic E-state index is 0.0731. The smallest absolute Gasteiger partial charge is 0.250 e. The van der Waals surface area contributed by atoms with E-state index in [0.29, 0.717) is 16.5 Å². The molecule has 4 aromatic rings. The molecule has 1 fully saturated rings. The number of pyridine rings is 1. The molecule has 2 atom stereocenters. The average Bonchev–Trinajstić information content (AvgIpc) is 3.45. The first-order chi connectivity index (χ1) is 19.7. The summed E-state index contributed by atoms with van der Waals surface area (Å²) in [4.78, 5) is 19.2. The molecule has 1 amide bonds. The summed E-state index contributed by atoms with van der Waals surface area (Å²) in [6, 6.07) is 19.2. The summed E-state index contributed by atoms with van der Waals surface area (Å²) < 4.78 is 12.8. The maximum absolute atomic E-state index is 12.4. The molecular formula is C31H32ClN5O3S. The molecule has 0 aliphatic carbocycles. The van der Waals surface area contributed by atoms with Crippen LogP contribution in [-0.4, -0.2) is 41.4 Å². The van der Waals surface area contributed by atoms with Crippen molar-refractivity contribution < 1.29 is 14.3 Å². The summed E-state index contributed by atoms with van der Waals surface area (Å²) in [5.74, 6) is 0.247. The van der Waals surface area contributed by atoms with Crippen molar-refractivity contribution in [1.29, 1.82) is 0 Å². The monoisotopic (exact) mass is 589 g/mol. The quantitative estimate of drug-likeness (QED) is 0.236. The molecular weight excluding hydrogens is 558 g/mol. The number of amides is 1. The van der Waals surface area contributed by atoms with E-state index in [1.807, 2.05) is 55.5 Å². The Morgan fingerprint density at radius 3 is 2.61 bits per heavy atom. The number of hydrogen-bond donors (Lipinski definition) is 2. The van der Waals surface area contributed by atoms with Crippen molar-refractivity contribution in [2.45, 2.75) is 32.9 Å². The van der Waals surface area contributed by atoms with Crippen LogP contribution in [-0.2, 0) is 9.53 Å². The molecule has 2 aromatic heterocycles. The number of carbonyl (C=O) groups excluding carboxylic acids is 1. The SMILES string of the molecule is COCC(=O)Nc1cc(N2C(=S)NC(c3ccccn3)C2c2cc(C)n(-c3cccc(Cl)c3C)c2C)ccc1OC. The molecule has 2 N–H and O–H groups in total. The highest BCUT2D eigenvalue weighted by atomic mass is 35.5. The van der Waals surface area contributed by atoms with Gasteiger partial charge in [-0.15, -0.1) is 0 Å². The number of aryl methyl sites for hydroxylation is 1. The zero-order valence-corrected chi connectivity index (χ0v) is 25.1. The van der Waals surface area contributed by atoms with Gasteiger partial charge in [0.2, 0.25) is 5.91 Å². The highest BCUT2D eigenvalue weighted by molar-refractivity contribution is 7.80. The van der Waals surface area contributed by atoms with Crippen molar-refractivity contribution in [3.8, 4) is 11.4 Å². The number of methoxy groups -OCH3 is 2. The maximum Gasteiger partial charge on any atom is 0.250 e. The van der Waals surface area contributed by atoms with E-state index in [4.69, 9.17) is 33.3 Å². The lowest BCUT2D eigenvalue weighted by Crippen LogP contribution is -2.29. The van der Waals surface area contributed by atoms with E-state index in [0.717, 1.165) is 44.6 Å². The van der Waals surface area contributed by atoms with E-state index in [2.05, 4.69) is 51.1 Å². The number of benzene rings is 2. The first-order valence-electron chi connectivity index (χ1n) is 13.2. The fourth-order valence-corrected chi connectivity index (χ4v) is 6.02. The molecule has 5 rings (SSSR count). The Hall–Kier alpha value is -3.92. The van der Waals surface area contributed by atoms with Crippen molar-refractivity contribution in [1.82, 2.24) is 14.9 Å². The van der Waals surface area contributed by atoms with Gasteiger partial charge in [0.15, 0.2) is 5.11 Å². The van der Waals surface area contributed by atoms with E-state index in [9.17, 15) is 4.79 Å².